The summed E-state index contributed by atoms with van der Waals surface area (Å²) < 4.78 is 5.71. The van der Waals surface area contributed by atoms with Gasteiger partial charge in [0.15, 0.2) is 0 Å². The molecule has 0 aliphatic carbocycles. The summed E-state index contributed by atoms with van der Waals surface area (Å²) in [5.41, 5.74) is 3.45. The lowest BCUT2D eigenvalue weighted by Gasteiger charge is -2.02. The van der Waals surface area contributed by atoms with Crippen molar-refractivity contribution in [2.75, 3.05) is 6.61 Å². The lowest BCUT2D eigenvalue weighted by atomic mass is 10.1. The highest BCUT2D eigenvalue weighted by Gasteiger charge is 1.94. The topological polar surface area (TPSA) is 9.23 Å². The Morgan fingerprint density at radius 2 is 1.38 bits per heavy atom. The Hall–Kier alpha value is -2.46. The number of ether oxygens (including phenoxy) is 1. The van der Waals surface area contributed by atoms with Gasteiger partial charge >= 0.3 is 0 Å². The van der Waals surface area contributed by atoms with Gasteiger partial charge < -0.3 is 4.74 Å². The highest BCUT2D eigenvalue weighted by atomic mass is 16.5. The standard InChI is InChI=1S/C25H30O/c1-3-5-7-8-9-21-26-25-19-17-24(18-20-25)16-15-23-13-11-22(12-14-23)10-6-4-2/h8-9,11-14,17-20H,3-7,10,21H2,1-2H3. The number of allylic oxidation sites excluding steroid dienone is 1. The molecule has 0 fully saturated rings. The van der Waals surface area contributed by atoms with E-state index in [0.29, 0.717) is 6.61 Å². The van der Waals surface area contributed by atoms with E-state index in [1.165, 1.54) is 31.2 Å². The van der Waals surface area contributed by atoms with Crippen LogP contribution in [0.5, 0.6) is 5.75 Å². The maximum Gasteiger partial charge on any atom is 0.119 e. The molecule has 0 saturated carbocycles. The zero-order chi connectivity index (χ0) is 18.5. The van der Waals surface area contributed by atoms with Gasteiger partial charge in [-0.05, 0) is 61.2 Å². The van der Waals surface area contributed by atoms with Gasteiger partial charge in [-0.15, -0.1) is 0 Å². The first-order valence-electron chi connectivity index (χ1n) is 9.80. The van der Waals surface area contributed by atoms with Crippen LogP contribution in [-0.4, -0.2) is 6.61 Å². The molecule has 0 aromatic heterocycles. The van der Waals surface area contributed by atoms with E-state index in [0.717, 1.165) is 29.7 Å². The molecule has 0 atom stereocenters. The smallest absolute Gasteiger partial charge is 0.119 e. The van der Waals surface area contributed by atoms with E-state index in [-0.39, 0.29) is 0 Å². The molecule has 2 aromatic rings. The summed E-state index contributed by atoms with van der Waals surface area (Å²) in [4.78, 5) is 0. The molecule has 0 bridgehead atoms. The van der Waals surface area contributed by atoms with Gasteiger partial charge in [-0.2, -0.15) is 0 Å². The van der Waals surface area contributed by atoms with Crippen molar-refractivity contribution in [3.05, 3.63) is 77.4 Å². The van der Waals surface area contributed by atoms with Gasteiger partial charge in [0.05, 0.1) is 0 Å². The van der Waals surface area contributed by atoms with E-state index in [4.69, 9.17) is 4.74 Å². The van der Waals surface area contributed by atoms with Gasteiger partial charge in [-0.25, -0.2) is 0 Å². The highest BCUT2D eigenvalue weighted by molar-refractivity contribution is 5.44. The average molecular weight is 347 g/mol. The molecule has 0 radical (unpaired) electrons. The maximum absolute atomic E-state index is 5.71. The fourth-order valence-electron chi connectivity index (χ4n) is 2.57. The van der Waals surface area contributed by atoms with Gasteiger partial charge in [0, 0.05) is 11.1 Å². The first-order chi connectivity index (χ1) is 12.8. The van der Waals surface area contributed by atoms with E-state index >= 15 is 0 Å². The molecule has 136 valence electrons. The maximum atomic E-state index is 5.71. The first kappa shape index (κ1) is 19.9. The van der Waals surface area contributed by atoms with Crippen LogP contribution < -0.4 is 4.74 Å². The second-order valence-corrected chi connectivity index (χ2v) is 6.50. The van der Waals surface area contributed by atoms with Gasteiger partial charge in [0.1, 0.15) is 12.4 Å². The van der Waals surface area contributed by atoms with E-state index in [1.54, 1.807) is 0 Å². The second kappa shape index (κ2) is 12.0. The predicted molar refractivity (Wildman–Crippen MR) is 112 cm³/mol. The quantitative estimate of drug-likeness (QED) is 0.284. The fraction of sp³-hybridized carbons (Fsp3) is 0.360. The molecule has 0 aliphatic heterocycles. The minimum absolute atomic E-state index is 0.624. The van der Waals surface area contributed by atoms with Crippen molar-refractivity contribution in [1.29, 1.82) is 0 Å². The van der Waals surface area contributed by atoms with Crippen LogP contribution >= 0.6 is 0 Å². The molecule has 0 N–H and O–H groups in total. The lowest BCUT2D eigenvalue weighted by molar-refractivity contribution is 0.362. The van der Waals surface area contributed by atoms with Crippen LogP contribution in [-0.2, 0) is 6.42 Å². The second-order valence-electron chi connectivity index (χ2n) is 6.50. The van der Waals surface area contributed by atoms with Crippen molar-refractivity contribution in [3.8, 4) is 17.6 Å². The summed E-state index contributed by atoms with van der Waals surface area (Å²) >= 11 is 0. The molecule has 2 rings (SSSR count). The Bertz CT molecular complexity index is 711. The highest BCUT2D eigenvalue weighted by Crippen LogP contribution is 2.12. The van der Waals surface area contributed by atoms with Crippen molar-refractivity contribution in [3.63, 3.8) is 0 Å². The Kier molecular flexibility index (Phi) is 9.15. The summed E-state index contributed by atoms with van der Waals surface area (Å²) in [5.74, 6) is 7.34. The van der Waals surface area contributed by atoms with Crippen molar-refractivity contribution < 1.29 is 4.74 Å². The van der Waals surface area contributed by atoms with Crippen LogP contribution in [0.15, 0.2) is 60.7 Å². The number of hydrogen-bond donors (Lipinski definition) is 0. The lowest BCUT2D eigenvalue weighted by Crippen LogP contribution is -1.93. The van der Waals surface area contributed by atoms with Crippen molar-refractivity contribution in [2.45, 2.75) is 52.4 Å². The number of rotatable bonds is 9. The largest absolute Gasteiger partial charge is 0.490 e. The summed E-state index contributed by atoms with van der Waals surface area (Å²) in [6.07, 6.45) is 11.5. The Morgan fingerprint density at radius 3 is 2.00 bits per heavy atom. The molecule has 2 aromatic carbocycles. The third kappa shape index (κ3) is 7.62. The zero-order valence-electron chi connectivity index (χ0n) is 16.1. The van der Waals surface area contributed by atoms with Crippen molar-refractivity contribution >= 4 is 0 Å². The normalized spacial score (nSPS) is 10.5. The average Bonchev–Trinajstić information content (AvgIpc) is 2.69. The van der Waals surface area contributed by atoms with E-state index in [2.05, 4.69) is 62.1 Å². The van der Waals surface area contributed by atoms with E-state index in [9.17, 15) is 0 Å². The van der Waals surface area contributed by atoms with Crippen LogP contribution in [0.4, 0.5) is 0 Å². The molecule has 0 aliphatic rings. The minimum atomic E-state index is 0.624. The fourth-order valence-corrected chi connectivity index (χ4v) is 2.57. The van der Waals surface area contributed by atoms with E-state index < -0.39 is 0 Å². The van der Waals surface area contributed by atoms with Crippen molar-refractivity contribution in [2.24, 2.45) is 0 Å². The predicted octanol–water partition coefficient (Wildman–Crippen LogP) is 6.55. The third-order valence-electron chi connectivity index (χ3n) is 4.22. The Balaban J connectivity index is 1.83. The van der Waals surface area contributed by atoms with Crippen molar-refractivity contribution in [1.82, 2.24) is 0 Å². The van der Waals surface area contributed by atoms with Crippen LogP contribution in [0.25, 0.3) is 0 Å². The summed E-state index contributed by atoms with van der Waals surface area (Å²) in [6.45, 7) is 5.05. The molecule has 26 heavy (non-hydrogen) atoms. The van der Waals surface area contributed by atoms with Crippen LogP contribution in [0.1, 0.15) is 62.6 Å². The molecule has 1 nitrogen and oxygen atoms in total. The monoisotopic (exact) mass is 346 g/mol. The number of unbranched alkanes of at least 4 members (excludes halogenated alkanes) is 3. The summed E-state index contributed by atoms with van der Waals surface area (Å²) in [6, 6.07) is 16.6. The number of aryl methyl sites for hydroxylation is 1. The molecule has 0 spiro atoms. The zero-order valence-corrected chi connectivity index (χ0v) is 16.1. The van der Waals surface area contributed by atoms with Crippen LogP contribution in [0.3, 0.4) is 0 Å². The summed E-state index contributed by atoms with van der Waals surface area (Å²) in [7, 11) is 0. The molecular formula is C25H30O. The number of benzene rings is 2. The van der Waals surface area contributed by atoms with Gasteiger partial charge in [-0.3, -0.25) is 0 Å². The minimum Gasteiger partial charge on any atom is -0.490 e. The Morgan fingerprint density at radius 1 is 0.769 bits per heavy atom. The molecule has 0 heterocycles. The third-order valence-corrected chi connectivity index (χ3v) is 4.22. The SMILES string of the molecule is CCCCC=CCOc1ccc(C#Cc2ccc(CCCC)cc2)cc1. The Labute approximate surface area is 159 Å². The number of hydrogen-bond acceptors (Lipinski definition) is 1. The molecule has 0 unspecified atom stereocenters. The molecule has 1 heteroatoms. The first-order valence-corrected chi connectivity index (χ1v) is 9.80. The van der Waals surface area contributed by atoms with Gasteiger partial charge in [-0.1, -0.05) is 69.2 Å². The van der Waals surface area contributed by atoms with Crippen LogP contribution in [0.2, 0.25) is 0 Å². The summed E-state index contributed by atoms with van der Waals surface area (Å²) in [5, 5.41) is 0. The molecular weight excluding hydrogens is 316 g/mol. The van der Waals surface area contributed by atoms with Crippen LogP contribution in [0, 0.1) is 11.8 Å². The van der Waals surface area contributed by atoms with Gasteiger partial charge in [0.2, 0.25) is 0 Å². The molecule has 0 amide bonds. The molecule has 0 saturated heterocycles. The van der Waals surface area contributed by atoms with Gasteiger partial charge in [0.25, 0.3) is 0 Å². The van der Waals surface area contributed by atoms with E-state index in [1.807, 2.05) is 24.3 Å².